The van der Waals surface area contributed by atoms with Crippen molar-refractivity contribution >= 4 is 0 Å². The molecule has 4 rings (SSSR count). The first kappa shape index (κ1) is 21.2. The fourth-order valence-electron chi connectivity index (χ4n) is 3.85. The van der Waals surface area contributed by atoms with Crippen LogP contribution in [0.4, 0.5) is 0 Å². The van der Waals surface area contributed by atoms with Gasteiger partial charge in [-0.3, -0.25) is 0 Å². The number of hydrogen-bond acceptors (Lipinski definition) is 5. The molecule has 3 aromatic rings. The Bertz CT molecular complexity index is 1000. The predicted octanol–water partition coefficient (Wildman–Crippen LogP) is 4.66. The van der Waals surface area contributed by atoms with E-state index in [9.17, 15) is 0 Å². The van der Waals surface area contributed by atoms with Crippen LogP contribution < -0.4 is 19.5 Å². The van der Waals surface area contributed by atoms with E-state index in [0.29, 0.717) is 6.61 Å². The van der Waals surface area contributed by atoms with Gasteiger partial charge in [0.15, 0.2) is 11.5 Å². The molecule has 0 saturated heterocycles. The third-order valence-corrected chi connectivity index (χ3v) is 5.45. The highest BCUT2D eigenvalue weighted by molar-refractivity contribution is 5.52. The number of nitrogens with zero attached hydrogens (tertiary/aromatic N) is 1. The van der Waals surface area contributed by atoms with E-state index in [4.69, 9.17) is 14.2 Å². The number of benzene rings is 3. The van der Waals surface area contributed by atoms with Crippen molar-refractivity contribution < 1.29 is 14.2 Å². The Morgan fingerprint density at radius 2 is 1.74 bits per heavy atom. The minimum Gasteiger partial charge on any atom is -0.493 e. The second-order valence-electron chi connectivity index (χ2n) is 7.98. The molecule has 0 aliphatic carbocycles. The Morgan fingerprint density at radius 3 is 2.52 bits per heavy atom. The van der Waals surface area contributed by atoms with Gasteiger partial charge in [-0.1, -0.05) is 30.3 Å². The summed E-state index contributed by atoms with van der Waals surface area (Å²) >= 11 is 0. The summed E-state index contributed by atoms with van der Waals surface area (Å²) in [5.74, 6) is 3.24. The maximum Gasteiger partial charge on any atom is 0.161 e. The first-order chi connectivity index (χ1) is 15.1. The van der Waals surface area contributed by atoms with Crippen molar-refractivity contribution in [2.45, 2.75) is 12.5 Å². The Labute approximate surface area is 184 Å². The van der Waals surface area contributed by atoms with Crippen LogP contribution in [0.15, 0.2) is 66.7 Å². The van der Waals surface area contributed by atoms with Crippen molar-refractivity contribution in [2.75, 3.05) is 40.9 Å². The molecule has 5 nitrogen and oxygen atoms in total. The van der Waals surface area contributed by atoms with Crippen molar-refractivity contribution in [1.82, 2.24) is 10.2 Å². The number of nitrogens with one attached hydrogen (secondary N) is 1. The monoisotopic (exact) mass is 418 g/mol. The van der Waals surface area contributed by atoms with Gasteiger partial charge in [-0.05, 0) is 73.6 Å². The standard InChI is InChI=1S/C26H30N2O3/c1-28(2)14-15-30-25-18-23-19(17-24(25)29-3)12-13-27-26(23)20-8-7-11-22(16-20)31-21-9-5-4-6-10-21/h4-11,16-18,26-27H,12-15H2,1-3H3. The van der Waals surface area contributed by atoms with Crippen molar-refractivity contribution in [2.24, 2.45) is 0 Å². The molecule has 1 heterocycles. The Morgan fingerprint density at radius 1 is 0.935 bits per heavy atom. The van der Waals surface area contributed by atoms with E-state index >= 15 is 0 Å². The van der Waals surface area contributed by atoms with Crippen molar-refractivity contribution in [3.8, 4) is 23.0 Å². The van der Waals surface area contributed by atoms with Crippen molar-refractivity contribution in [3.63, 3.8) is 0 Å². The summed E-state index contributed by atoms with van der Waals surface area (Å²) in [5.41, 5.74) is 3.68. The number of para-hydroxylation sites is 1. The molecule has 162 valence electrons. The summed E-state index contributed by atoms with van der Waals surface area (Å²) in [4.78, 5) is 2.10. The molecule has 0 aromatic heterocycles. The lowest BCUT2D eigenvalue weighted by Gasteiger charge is -2.29. The molecule has 0 fully saturated rings. The molecular weight excluding hydrogens is 388 g/mol. The highest BCUT2D eigenvalue weighted by atomic mass is 16.5. The van der Waals surface area contributed by atoms with Gasteiger partial charge in [-0.25, -0.2) is 0 Å². The average Bonchev–Trinajstić information content (AvgIpc) is 2.79. The molecule has 1 aliphatic rings. The van der Waals surface area contributed by atoms with Crippen LogP contribution in [-0.2, 0) is 6.42 Å². The Kier molecular flexibility index (Phi) is 6.75. The second kappa shape index (κ2) is 9.86. The lowest BCUT2D eigenvalue weighted by molar-refractivity contribution is 0.250. The molecule has 0 radical (unpaired) electrons. The van der Waals surface area contributed by atoms with E-state index in [1.165, 1.54) is 16.7 Å². The zero-order valence-electron chi connectivity index (χ0n) is 18.4. The fourth-order valence-corrected chi connectivity index (χ4v) is 3.85. The van der Waals surface area contributed by atoms with E-state index in [-0.39, 0.29) is 6.04 Å². The summed E-state index contributed by atoms with van der Waals surface area (Å²) in [7, 11) is 5.78. The maximum atomic E-state index is 6.07. The van der Waals surface area contributed by atoms with Crippen LogP contribution >= 0.6 is 0 Å². The van der Waals surface area contributed by atoms with Gasteiger partial charge in [-0.2, -0.15) is 0 Å². The van der Waals surface area contributed by atoms with Gasteiger partial charge in [0.05, 0.1) is 13.2 Å². The molecule has 0 spiro atoms. The first-order valence-corrected chi connectivity index (χ1v) is 10.7. The minimum absolute atomic E-state index is 0.0742. The van der Waals surface area contributed by atoms with Crippen LogP contribution in [0.5, 0.6) is 23.0 Å². The number of likely N-dealkylation sites (N-methyl/N-ethyl adjacent to an activating group) is 1. The smallest absolute Gasteiger partial charge is 0.161 e. The van der Waals surface area contributed by atoms with Crippen molar-refractivity contribution in [1.29, 1.82) is 0 Å². The van der Waals surface area contributed by atoms with Crippen LogP contribution in [-0.4, -0.2) is 45.8 Å². The Hall–Kier alpha value is -3.02. The molecule has 0 amide bonds. The molecule has 1 unspecified atom stereocenters. The molecule has 5 heteroatoms. The number of methoxy groups -OCH3 is 1. The second-order valence-corrected chi connectivity index (χ2v) is 7.98. The van der Waals surface area contributed by atoms with Gasteiger partial charge < -0.3 is 24.4 Å². The van der Waals surface area contributed by atoms with Crippen molar-refractivity contribution in [3.05, 3.63) is 83.4 Å². The van der Waals surface area contributed by atoms with E-state index in [2.05, 4.69) is 34.5 Å². The predicted molar refractivity (Wildman–Crippen MR) is 124 cm³/mol. The Balaban J connectivity index is 1.62. The zero-order chi connectivity index (χ0) is 21.6. The quantitative estimate of drug-likeness (QED) is 0.576. The topological polar surface area (TPSA) is 43.0 Å². The molecule has 1 aliphatic heterocycles. The number of ether oxygens (including phenoxy) is 3. The minimum atomic E-state index is 0.0742. The molecule has 31 heavy (non-hydrogen) atoms. The highest BCUT2D eigenvalue weighted by Gasteiger charge is 2.24. The summed E-state index contributed by atoms with van der Waals surface area (Å²) in [5, 5.41) is 3.66. The molecule has 0 saturated carbocycles. The highest BCUT2D eigenvalue weighted by Crippen LogP contribution is 2.38. The van der Waals surface area contributed by atoms with Crippen LogP contribution in [0.3, 0.4) is 0 Å². The van der Waals surface area contributed by atoms with Gasteiger partial charge >= 0.3 is 0 Å². The summed E-state index contributed by atoms with van der Waals surface area (Å²) in [6.07, 6.45) is 0.959. The van der Waals surface area contributed by atoms with Gasteiger partial charge in [0, 0.05) is 13.1 Å². The lowest BCUT2D eigenvalue weighted by Crippen LogP contribution is -2.30. The van der Waals surface area contributed by atoms with Crippen LogP contribution in [0.1, 0.15) is 22.7 Å². The van der Waals surface area contributed by atoms with E-state index < -0.39 is 0 Å². The first-order valence-electron chi connectivity index (χ1n) is 10.7. The van der Waals surface area contributed by atoms with Crippen LogP contribution in [0, 0.1) is 0 Å². The number of hydrogen-bond donors (Lipinski definition) is 1. The largest absolute Gasteiger partial charge is 0.493 e. The number of fused-ring (bicyclic) bond motifs is 1. The SMILES string of the molecule is COc1cc2c(cc1OCCN(C)C)C(c1cccc(Oc3ccccc3)c1)NCC2. The average molecular weight is 419 g/mol. The maximum absolute atomic E-state index is 6.07. The van der Waals surface area contributed by atoms with Crippen LogP contribution in [0.2, 0.25) is 0 Å². The van der Waals surface area contributed by atoms with Gasteiger partial charge in [0.1, 0.15) is 18.1 Å². The molecule has 1 atom stereocenters. The zero-order valence-corrected chi connectivity index (χ0v) is 18.4. The molecule has 3 aromatic carbocycles. The number of rotatable bonds is 8. The summed E-state index contributed by atoms with van der Waals surface area (Å²) in [6, 6.07) is 22.5. The normalized spacial score (nSPS) is 15.4. The van der Waals surface area contributed by atoms with Gasteiger partial charge in [-0.15, -0.1) is 0 Å². The fraction of sp³-hybridized carbons (Fsp3) is 0.308. The summed E-state index contributed by atoms with van der Waals surface area (Å²) < 4.78 is 17.7. The third kappa shape index (κ3) is 5.19. The van der Waals surface area contributed by atoms with E-state index in [1.54, 1.807) is 7.11 Å². The van der Waals surface area contributed by atoms with E-state index in [0.717, 1.165) is 42.5 Å². The van der Waals surface area contributed by atoms with Gasteiger partial charge in [0.2, 0.25) is 0 Å². The molecule has 1 N–H and O–H groups in total. The van der Waals surface area contributed by atoms with E-state index in [1.807, 2.05) is 56.6 Å². The third-order valence-electron chi connectivity index (χ3n) is 5.45. The van der Waals surface area contributed by atoms with Gasteiger partial charge in [0.25, 0.3) is 0 Å². The molecule has 0 bridgehead atoms. The molecular formula is C26H30N2O3. The summed E-state index contributed by atoms with van der Waals surface area (Å²) in [6.45, 7) is 2.37. The lowest BCUT2D eigenvalue weighted by atomic mass is 9.89. The van der Waals surface area contributed by atoms with Crippen LogP contribution in [0.25, 0.3) is 0 Å².